The van der Waals surface area contributed by atoms with Crippen molar-refractivity contribution in [2.45, 2.75) is 20.4 Å². The standard InChI is InChI=1S/C18H19BrN6O2/c1-4-25-16(18(27)22-14-9-20-24(3)11(14)2)15(10-21-25)23-17(26)12-6-5-7-13(19)8-12/h5-10H,4H2,1-3H3,(H,22,27)(H,23,26). The van der Waals surface area contributed by atoms with Gasteiger partial charge >= 0.3 is 0 Å². The topological polar surface area (TPSA) is 93.8 Å². The molecule has 8 nitrogen and oxygen atoms in total. The molecule has 2 N–H and O–H groups in total. The van der Waals surface area contributed by atoms with Crippen molar-refractivity contribution in [3.63, 3.8) is 0 Å². The number of carbonyl (C=O) groups excluding carboxylic acids is 2. The van der Waals surface area contributed by atoms with Crippen LogP contribution in [0.5, 0.6) is 0 Å². The van der Waals surface area contributed by atoms with E-state index in [-0.39, 0.29) is 17.5 Å². The average Bonchev–Trinajstić information content (AvgIpc) is 3.19. The molecule has 0 saturated heterocycles. The third-order valence-corrected chi connectivity index (χ3v) is 4.67. The fourth-order valence-electron chi connectivity index (χ4n) is 2.58. The molecule has 2 aromatic heterocycles. The van der Waals surface area contributed by atoms with E-state index in [2.05, 4.69) is 36.8 Å². The molecule has 140 valence electrons. The number of aromatic nitrogens is 4. The van der Waals surface area contributed by atoms with Gasteiger partial charge in [-0.2, -0.15) is 10.2 Å². The van der Waals surface area contributed by atoms with Crippen LogP contribution in [0.2, 0.25) is 0 Å². The summed E-state index contributed by atoms with van der Waals surface area (Å²) in [5.74, 6) is -0.687. The molecule has 9 heteroatoms. The number of anilines is 2. The van der Waals surface area contributed by atoms with E-state index in [1.54, 1.807) is 36.1 Å². The predicted molar refractivity (Wildman–Crippen MR) is 106 cm³/mol. The molecule has 3 rings (SSSR count). The van der Waals surface area contributed by atoms with Crippen LogP contribution < -0.4 is 10.6 Å². The summed E-state index contributed by atoms with van der Waals surface area (Å²) in [6.45, 7) is 4.22. The van der Waals surface area contributed by atoms with Crippen molar-refractivity contribution in [1.29, 1.82) is 0 Å². The van der Waals surface area contributed by atoms with E-state index in [1.807, 2.05) is 19.9 Å². The maximum Gasteiger partial charge on any atom is 0.276 e. The molecule has 1 aromatic carbocycles. The minimum Gasteiger partial charge on any atom is -0.319 e. The van der Waals surface area contributed by atoms with Crippen LogP contribution >= 0.6 is 15.9 Å². The lowest BCUT2D eigenvalue weighted by Gasteiger charge is -2.10. The van der Waals surface area contributed by atoms with Gasteiger partial charge in [0.15, 0.2) is 0 Å². The number of aryl methyl sites for hydroxylation is 2. The van der Waals surface area contributed by atoms with Gasteiger partial charge in [-0.05, 0) is 32.0 Å². The highest BCUT2D eigenvalue weighted by molar-refractivity contribution is 9.10. The van der Waals surface area contributed by atoms with Crippen LogP contribution in [0, 0.1) is 6.92 Å². The molecule has 2 heterocycles. The molecule has 0 spiro atoms. The first-order valence-electron chi connectivity index (χ1n) is 8.33. The van der Waals surface area contributed by atoms with Crippen molar-refractivity contribution >= 4 is 39.1 Å². The molecule has 0 unspecified atom stereocenters. The normalized spacial score (nSPS) is 10.7. The summed E-state index contributed by atoms with van der Waals surface area (Å²) in [4.78, 5) is 25.4. The molecule has 3 aromatic rings. The Hall–Kier alpha value is -2.94. The Morgan fingerprint density at radius 2 is 1.81 bits per heavy atom. The average molecular weight is 431 g/mol. The first-order chi connectivity index (χ1) is 12.9. The quantitative estimate of drug-likeness (QED) is 0.649. The number of rotatable bonds is 5. The molecule has 0 aliphatic heterocycles. The van der Waals surface area contributed by atoms with Gasteiger partial charge in [0.1, 0.15) is 5.69 Å². The van der Waals surface area contributed by atoms with Gasteiger partial charge in [-0.3, -0.25) is 19.0 Å². The fourth-order valence-corrected chi connectivity index (χ4v) is 2.98. The summed E-state index contributed by atoms with van der Waals surface area (Å²) in [5.41, 5.74) is 2.54. The third-order valence-electron chi connectivity index (χ3n) is 4.17. The highest BCUT2D eigenvalue weighted by Gasteiger charge is 2.21. The Balaban J connectivity index is 1.87. The van der Waals surface area contributed by atoms with E-state index in [9.17, 15) is 9.59 Å². The lowest BCUT2D eigenvalue weighted by atomic mass is 10.2. The van der Waals surface area contributed by atoms with E-state index < -0.39 is 0 Å². The molecule has 2 amide bonds. The summed E-state index contributed by atoms with van der Waals surface area (Å²) in [6, 6.07) is 7.01. The molecular formula is C18H19BrN6O2. The number of amides is 2. The molecule has 0 saturated carbocycles. The minimum atomic E-state index is -0.366. The van der Waals surface area contributed by atoms with E-state index in [4.69, 9.17) is 0 Å². The van der Waals surface area contributed by atoms with Gasteiger partial charge in [0, 0.05) is 23.6 Å². The van der Waals surface area contributed by atoms with Crippen LogP contribution in [-0.4, -0.2) is 31.4 Å². The van der Waals surface area contributed by atoms with Crippen molar-refractivity contribution in [1.82, 2.24) is 19.6 Å². The van der Waals surface area contributed by atoms with Crippen LogP contribution in [0.15, 0.2) is 41.1 Å². The monoisotopic (exact) mass is 430 g/mol. The summed E-state index contributed by atoms with van der Waals surface area (Å²) in [7, 11) is 1.80. The minimum absolute atomic E-state index is 0.282. The molecule has 0 aliphatic rings. The van der Waals surface area contributed by atoms with Gasteiger partial charge in [-0.15, -0.1) is 0 Å². The van der Waals surface area contributed by atoms with Gasteiger partial charge in [-0.1, -0.05) is 22.0 Å². The van der Waals surface area contributed by atoms with E-state index >= 15 is 0 Å². The Kier molecular flexibility index (Phi) is 5.41. The van der Waals surface area contributed by atoms with Crippen LogP contribution in [0.4, 0.5) is 11.4 Å². The Labute approximate surface area is 164 Å². The van der Waals surface area contributed by atoms with Gasteiger partial charge in [0.05, 0.1) is 29.5 Å². The van der Waals surface area contributed by atoms with Crippen molar-refractivity contribution in [3.8, 4) is 0 Å². The zero-order valence-electron chi connectivity index (χ0n) is 15.2. The number of hydrogen-bond donors (Lipinski definition) is 2. The van der Waals surface area contributed by atoms with Crippen LogP contribution in [-0.2, 0) is 13.6 Å². The second-order valence-electron chi connectivity index (χ2n) is 5.91. The first-order valence-corrected chi connectivity index (χ1v) is 9.12. The molecule has 0 bridgehead atoms. The lowest BCUT2D eigenvalue weighted by Crippen LogP contribution is -2.21. The highest BCUT2D eigenvalue weighted by Crippen LogP contribution is 2.21. The summed E-state index contributed by atoms with van der Waals surface area (Å²) in [6.07, 6.45) is 3.06. The zero-order chi connectivity index (χ0) is 19.6. The Bertz CT molecular complexity index is 1010. The largest absolute Gasteiger partial charge is 0.319 e. The van der Waals surface area contributed by atoms with Crippen LogP contribution in [0.3, 0.4) is 0 Å². The van der Waals surface area contributed by atoms with Crippen LogP contribution in [0.1, 0.15) is 33.5 Å². The molecule has 0 radical (unpaired) electrons. The lowest BCUT2D eigenvalue weighted by molar-refractivity contribution is 0.101. The maximum atomic E-state index is 12.8. The van der Waals surface area contributed by atoms with Gasteiger partial charge < -0.3 is 10.6 Å². The zero-order valence-corrected chi connectivity index (χ0v) is 16.7. The third kappa shape index (κ3) is 3.92. The number of hydrogen-bond acceptors (Lipinski definition) is 4. The summed E-state index contributed by atoms with van der Waals surface area (Å²) < 4.78 is 4.00. The molecule has 0 atom stereocenters. The van der Waals surface area contributed by atoms with Crippen molar-refractivity contribution in [3.05, 3.63) is 58.1 Å². The molecule has 27 heavy (non-hydrogen) atoms. The second kappa shape index (κ2) is 7.75. The number of benzene rings is 1. The Morgan fingerprint density at radius 3 is 2.44 bits per heavy atom. The second-order valence-corrected chi connectivity index (χ2v) is 6.82. The Morgan fingerprint density at radius 1 is 1.11 bits per heavy atom. The van der Waals surface area contributed by atoms with Crippen LogP contribution in [0.25, 0.3) is 0 Å². The number of carbonyl (C=O) groups is 2. The number of nitrogens with zero attached hydrogens (tertiary/aromatic N) is 4. The number of halogens is 1. The molecule has 0 fully saturated rings. The molecule has 0 aliphatic carbocycles. The molecular weight excluding hydrogens is 412 g/mol. The predicted octanol–water partition coefficient (Wildman–Crippen LogP) is 3.21. The highest BCUT2D eigenvalue weighted by atomic mass is 79.9. The van der Waals surface area contributed by atoms with E-state index in [0.717, 1.165) is 10.2 Å². The van der Waals surface area contributed by atoms with Gasteiger partial charge in [-0.25, -0.2) is 0 Å². The van der Waals surface area contributed by atoms with Gasteiger partial charge in [0.2, 0.25) is 0 Å². The fraction of sp³-hybridized carbons (Fsp3) is 0.222. The first kappa shape index (κ1) is 18.8. The maximum absolute atomic E-state index is 12.8. The van der Waals surface area contributed by atoms with E-state index in [1.165, 1.54) is 10.9 Å². The summed E-state index contributed by atoms with van der Waals surface area (Å²) in [5, 5.41) is 13.9. The smallest absolute Gasteiger partial charge is 0.276 e. The number of nitrogens with one attached hydrogen (secondary N) is 2. The van der Waals surface area contributed by atoms with Gasteiger partial charge in [0.25, 0.3) is 11.8 Å². The van der Waals surface area contributed by atoms with E-state index in [0.29, 0.717) is 23.5 Å². The SMILES string of the molecule is CCn1ncc(NC(=O)c2cccc(Br)c2)c1C(=O)Nc1cnn(C)c1C. The van der Waals surface area contributed by atoms with Crippen molar-refractivity contribution < 1.29 is 9.59 Å². The van der Waals surface area contributed by atoms with Crippen molar-refractivity contribution in [2.24, 2.45) is 7.05 Å². The van der Waals surface area contributed by atoms with Crippen molar-refractivity contribution in [2.75, 3.05) is 10.6 Å². The summed E-state index contributed by atoms with van der Waals surface area (Å²) >= 11 is 3.35.